The number of rotatable bonds is 5. The molecule has 0 atom stereocenters. The van der Waals surface area contributed by atoms with Gasteiger partial charge in [0.2, 0.25) is 11.8 Å². The third-order valence-corrected chi connectivity index (χ3v) is 4.94. The highest BCUT2D eigenvalue weighted by Crippen LogP contribution is 2.23. The van der Waals surface area contributed by atoms with Crippen LogP contribution in [0.1, 0.15) is 5.89 Å². The Morgan fingerprint density at radius 2 is 1.81 bits per heavy atom. The van der Waals surface area contributed by atoms with Gasteiger partial charge in [0.25, 0.3) is 0 Å². The summed E-state index contributed by atoms with van der Waals surface area (Å²) in [6.45, 7) is 4.47. The molecule has 0 radical (unpaired) electrons. The molecule has 1 aliphatic rings. The smallest absolute Gasteiger partial charge is 0.247 e. The van der Waals surface area contributed by atoms with Crippen molar-refractivity contribution in [3.8, 4) is 17.2 Å². The molecule has 0 unspecified atom stereocenters. The lowest BCUT2D eigenvalue weighted by Crippen LogP contribution is -2.46. The predicted molar refractivity (Wildman–Crippen MR) is 105 cm³/mol. The Hall–Kier alpha value is -2.57. The molecular formula is C20H21ClN4O2. The van der Waals surface area contributed by atoms with Gasteiger partial charge in [-0.2, -0.15) is 0 Å². The Labute approximate surface area is 163 Å². The number of hydrogen-bond acceptors (Lipinski definition) is 6. The summed E-state index contributed by atoms with van der Waals surface area (Å²) in [5, 5.41) is 8.99. The van der Waals surface area contributed by atoms with Crippen LogP contribution in [0, 0.1) is 0 Å². The second-order valence-electron chi connectivity index (χ2n) is 6.47. The zero-order chi connectivity index (χ0) is 18.6. The van der Waals surface area contributed by atoms with Gasteiger partial charge in [0.05, 0.1) is 13.7 Å². The molecule has 0 spiro atoms. The summed E-state index contributed by atoms with van der Waals surface area (Å²) in [4.78, 5) is 4.70. The molecule has 2 heterocycles. The van der Waals surface area contributed by atoms with E-state index in [9.17, 15) is 0 Å². The van der Waals surface area contributed by atoms with E-state index in [1.54, 1.807) is 7.11 Å². The van der Waals surface area contributed by atoms with Crippen molar-refractivity contribution < 1.29 is 9.15 Å². The number of aromatic nitrogens is 2. The highest BCUT2D eigenvalue weighted by molar-refractivity contribution is 6.30. The summed E-state index contributed by atoms with van der Waals surface area (Å²) >= 11 is 6.03. The molecule has 1 saturated heterocycles. The molecule has 0 N–H and O–H groups in total. The molecule has 1 aromatic heterocycles. The average Bonchev–Trinajstić information content (AvgIpc) is 3.17. The second-order valence-corrected chi connectivity index (χ2v) is 6.91. The van der Waals surface area contributed by atoms with Gasteiger partial charge >= 0.3 is 0 Å². The van der Waals surface area contributed by atoms with E-state index < -0.39 is 0 Å². The van der Waals surface area contributed by atoms with Crippen LogP contribution in [-0.4, -0.2) is 48.4 Å². The van der Waals surface area contributed by atoms with Gasteiger partial charge in [-0.05, 0) is 42.5 Å². The summed E-state index contributed by atoms with van der Waals surface area (Å²) in [6, 6.07) is 15.6. The molecule has 0 saturated carbocycles. The van der Waals surface area contributed by atoms with Crippen LogP contribution in [0.25, 0.3) is 11.5 Å². The fourth-order valence-corrected chi connectivity index (χ4v) is 3.39. The van der Waals surface area contributed by atoms with Crippen molar-refractivity contribution in [3.63, 3.8) is 0 Å². The molecule has 1 aliphatic heterocycles. The zero-order valence-electron chi connectivity index (χ0n) is 15.1. The molecule has 140 valence electrons. The number of hydrogen-bond donors (Lipinski definition) is 0. The van der Waals surface area contributed by atoms with Crippen molar-refractivity contribution in [1.29, 1.82) is 0 Å². The second kappa shape index (κ2) is 7.98. The van der Waals surface area contributed by atoms with Gasteiger partial charge in [-0.15, -0.1) is 10.2 Å². The Balaban J connectivity index is 1.34. The Kier molecular flexibility index (Phi) is 5.27. The number of anilines is 1. The number of nitrogens with zero attached hydrogens (tertiary/aromatic N) is 4. The van der Waals surface area contributed by atoms with Crippen molar-refractivity contribution in [1.82, 2.24) is 15.1 Å². The van der Waals surface area contributed by atoms with Gasteiger partial charge in [0.1, 0.15) is 5.75 Å². The Morgan fingerprint density at radius 1 is 1.04 bits per heavy atom. The minimum atomic E-state index is 0.504. The lowest BCUT2D eigenvalue weighted by Gasteiger charge is -2.35. The molecule has 0 amide bonds. The van der Waals surface area contributed by atoms with Crippen molar-refractivity contribution in [2.45, 2.75) is 6.54 Å². The summed E-state index contributed by atoms with van der Waals surface area (Å²) in [5.41, 5.74) is 2.06. The van der Waals surface area contributed by atoms with Crippen molar-refractivity contribution in [2.75, 3.05) is 38.2 Å². The van der Waals surface area contributed by atoms with E-state index in [-0.39, 0.29) is 0 Å². The number of benzene rings is 2. The van der Waals surface area contributed by atoms with Gasteiger partial charge < -0.3 is 14.1 Å². The maximum Gasteiger partial charge on any atom is 0.247 e. The van der Waals surface area contributed by atoms with Crippen molar-refractivity contribution >= 4 is 17.3 Å². The largest absolute Gasteiger partial charge is 0.497 e. The Bertz CT molecular complexity index is 889. The number of halogens is 1. The first kappa shape index (κ1) is 17.8. The highest BCUT2D eigenvalue weighted by Gasteiger charge is 2.19. The lowest BCUT2D eigenvalue weighted by atomic mass is 10.2. The number of piperazine rings is 1. The molecular weight excluding hydrogens is 364 g/mol. The van der Waals surface area contributed by atoms with Crippen LogP contribution in [-0.2, 0) is 6.54 Å². The van der Waals surface area contributed by atoms with E-state index in [1.165, 1.54) is 5.69 Å². The maximum absolute atomic E-state index is 6.03. The Morgan fingerprint density at radius 3 is 2.52 bits per heavy atom. The molecule has 3 aromatic rings. The van der Waals surface area contributed by atoms with Crippen LogP contribution in [0.3, 0.4) is 0 Å². The van der Waals surface area contributed by atoms with E-state index in [1.807, 2.05) is 36.4 Å². The van der Waals surface area contributed by atoms with Crippen LogP contribution in [0.2, 0.25) is 5.02 Å². The molecule has 0 bridgehead atoms. The van der Waals surface area contributed by atoms with E-state index in [0.717, 1.165) is 37.5 Å². The molecule has 1 fully saturated rings. The third kappa shape index (κ3) is 4.23. The SMILES string of the molecule is COc1ccc(N2CCN(Cc3nnc(-c4cccc(Cl)c4)o3)CC2)cc1. The van der Waals surface area contributed by atoms with Crippen LogP contribution in [0.5, 0.6) is 5.75 Å². The zero-order valence-corrected chi connectivity index (χ0v) is 15.9. The summed E-state index contributed by atoms with van der Waals surface area (Å²) in [7, 11) is 1.68. The van der Waals surface area contributed by atoms with Crippen LogP contribution in [0.15, 0.2) is 52.9 Å². The highest BCUT2D eigenvalue weighted by atomic mass is 35.5. The van der Waals surface area contributed by atoms with E-state index in [0.29, 0.717) is 23.3 Å². The lowest BCUT2D eigenvalue weighted by molar-refractivity contribution is 0.227. The van der Waals surface area contributed by atoms with Crippen LogP contribution < -0.4 is 9.64 Å². The summed E-state index contributed by atoms with van der Waals surface area (Å²) < 4.78 is 11.0. The van der Waals surface area contributed by atoms with Gasteiger partial charge in [-0.25, -0.2) is 0 Å². The quantitative estimate of drug-likeness (QED) is 0.668. The van der Waals surface area contributed by atoms with Gasteiger partial charge in [-0.3, -0.25) is 4.90 Å². The average molecular weight is 385 g/mol. The third-order valence-electron chi connectivity index (χ3n) is 4.71. The fraction of sp³-hybridized carbons (Fsp3) is 0.300. The fourth-order valence-electron chi connectivity index (χ4n) is 3.20. The topological polar surface area (TPSA) is 54.6 Å². The minimum absolute atomic E-state index is 0.504. The molecule has 7 heteroatoms. The maximum atomic E-state index is 6.03. The van der Waals surface area contributed by atoms with Gasteiger partial charge in [0, 0.05) is 42.5 Å². The van der Waals surface area contributed by atoms with E-state index in [2.05, 4.69) is 32.1 Å². The minimum Gasteiger partial charge on any atom is -0.497 e. The van der Waals surface area contributed by atoms with Gasteiger partial charge in [0.15, 0.2) is 0 Å². The van der Waals surface area contributed by atoms with E-state index in [4.69, 9.17) is 20.8 Å². The molecule has 2 aromatic carbocycles. The molecule has 4 rings (SSSR count). The normalized spacial score (nSPS) is 15.1. The number of methoxy groups -OCH3 is 1. The van der Waals surface area contributed by atoms with Crippen LogP contribution in [0.4, 0.5) is 5.69 Å². The van der Waals surface area contributed by atoms with Crippen LogP contribution >= 0.6 is 11.6 Å². The van der Waals surface area contributed by atoms with Crippen molar-refractivity contribution in [2.24, 2.45) is 0 Å². The monoisotopic (exact) mass is 384 g/mol. The van der Waals surface area contributed by atoms with Gasteiger partial charge in [-0.1, -0.05) is 17.7 Å². The first-order valence-corrected chi connectivity index (χ1v) is 9.29. The summed E-state index contributed by atoms with van der Waals surface area (Å²) in [6.07, 6.45) is 0. The molecule has 6 nitrogen and oxygen atoms in total. The van der Waals surface area contributed by atoms with Crippen molar-refractivity contribution in [3.05, 3.63) is 59.4 Å². The summed E-state index contributed by atoms with van der Waals surface area (Å²) in [5.74, 6) is 2.01. The molecule has 27 heavy (non-hydrogen) atoms. The first-order chi connectivity index (χ1) is 13.2. The van der Waals surface area contributed by atoms with E-state index >= 15 is 0 Å². The first-order valence-electron chi connectivity index (χ1n) is 8.91. The standard InChI is InChI=1S/C20H21ClN4O2/c1-26-18-7-5-17(6-8-18)25-11-9-24(10-12-25)14-19-22-23-20(27-19)15-3-2-4-16(21)13-15/h2-8,13H,9-12,14H2,1H3. The number of ether oxygens (including phenoxy) is 1. The predicted octanol–water partition coefficient (Wildman–Crippen LogP) is 3.72. The molecule has 0 aliphatic carbocycles.